The number of hydrogen-bond donors (Lipinski definition) is 3. The Bertz CT molecular complexity index is 1540. The molecule has 0 aromatic heterocycles. The van der Waals surface area contributed by atoms with Gasteiger partial charge >= 0.3 is 5.97 Å². The molecule has 0 spiro atoms. The van der Waals surface area contributed by atoms with Gasteiger partial charge in [0.1, 0.15) is 5.75 Å². The summed E-state index contributed by atoms with van der Waals surface area (Å²) in [5, 5.41) is 22.3. The molecule has 4 aromatic carbocycles. The number of rotatable bonds is 14. The Hall–Kier alpha value is -4.95. The van der Waals surface area contributed by atoms with Gasteiger partial charge in [0.2, 0.25) is 0 Å². The summed E-state index contributed by atoms with van der Waals surface area (Å²) < 4.78 is 5.60. The second kappa shape index (κ2) is 15.3. The molecule has 4 rings (SSSR count). The molecular formula is C35H36N2O6. The van der Waals surface area contributed by atoms with Crippen LogP contribution in [0, 0.1) is 0 Å². The predicted molar refractivity (Wildman–Crippen MR) is 165 cm³/mol. The first-order valence-electron chi connectivity index (χ1n) is 14.3. The van der Waals surface area contributed by atoms with Crippen molar-refractivity contribution < 1.29 is 29.3 Å². The number of nitrogens with one attached hydrogen (secondary N) is 1. The van der Waals surface area contributed by atoms with Gasteiger partial charge in [-0.05, 0) is 59.9 Å². The van der Waals surface area contributed by atoms with Gasteiger partial charge in [0.05, 0.1) is 25.7 Å². The number of carboxylic acid groups (broad SMARTS) is 1. The van der Waals surface area contributed by atoms with E-state index in [1.807, 2.05) is 61.5 Å². The first-order chi connectivity index (χ1) is 20.9. The fraction of sp³-hybridized carbons (Fsp3) is 0.229. The summed E-state index contributed by atoms with van der Waals surface area (Å²) in [6.45, 7) is 2.50. The van der Waals surface area contributed by atoms with E-state index in [1.165, 1.54) is 0 Å². The first kappa shape index (κ1) is 31.0. The lowest BCUT2D eigenvalue weighted by atomic mass is 9.94. The van der Waals surface area contributed by atoms with E-state index in [-0.39, 0.29) is 25.5 Å². The third-order valence-corrected chi connectivity index (χ3v) is 7.07. The van der Waals surface area contributed by atoms with Crippen LogP contribution in [0.25, 0.3) is 11.1 Å². The van der Waals surface area contributed by atoms with Crippen LogP contribution < -0.4 is 10.1 Å². The third kappa shape index (κ3) is 8.30. The molecule has 0 bridgehead atoms. The minimum atomic E-state index is -0.997. The largest absolute Gasteiger partial charge is 0.494 e. The number of nitrogens with zero attached hydrogens (tertiary/aromatic N) is 1. The molecule has 0 saturated heterocycles. The van der Waals surface area contributed by atoms with Gasteiger partial charge in [0.25, 0.3) is 11.8 Å². The van der Waals surface area contributed by atoms with Crippen molar-refractivity contribution in [2.24, 2.45) is 0 Å². The molecule has 222 valence electrons. The number of carbonyl (C=O) groups excluding carboxylic acids is 2. The van der Waals surface area contributed by atoms with Crippen molar-refractivity contribution in [2.45, 2.75) is 25.8 Å². The second-order valence-corrected chi connectivity index (χ2v) is 9.98. The zero-order chi connectivity index (χ0) is 30.6. The summed E-state index contributed by atoms with van der Waals surface area (Å²) in [4.78, 5) is 40.5. The smallest absolute Gasteiger partial charge is 0.305 e. The second-order valence-electron chi connectivity index (χ2n) is 9.98. The van der Waals surface area contributed by atoms with Gasteiger partial charge in [-0.1, -0.05) is 78.9 Å². The molecule has 0 saturated carbocycles. The summed E-state index contributed by atoms with van der Waals surface area (Å²) >= 11 is 0. The van der Waals surface area contributed by atoms with Crippen molar-refractivity contribution in [3.05, 3.63) is 125 Å². The lowest BCUT2D eigenvalue weighted by Crippen LogP contribution is -2.35. The number of aliphatic carboxylic acids is 1. The molecule has 43 heavy (non-hydrogen) atoms. The van der Waals surface area contributed by atoms with Crippen LogP contribution in [0.5, 0.6) is 5.75 Å². The Morgan fingerprint density at radius 1 is 0.814 bits per heavy atom. The molecule has 0 unspecified atom stereocenters. The molecule has 0 fully saturated rings. The molecular weight excluding hydrogens is 544 g/mol. The minimum absolute atomic E-state index is 0.0328. The molecule has 2 amide bonds. The molecule has 0 aliphatic rings. The molecule has 8 heteroatoms. The van der Waals surface area contributed by atoms with Crippen LogP contribution in [0.15, 0.2) is 103 Å². The third-order valence-electron chi connectivity index (χ3n) is 7.07. The lowest BCUT2D eigenvalue weighted by Gasteiger charge is -2.24. The standard InChI is InChI=1S/C35H36N2O6/c1-2-43-27-14-10-11-25(23-27)19-21-37(22-20-33(39)40)35(42)31-18-9-7-16-29(31)28-15-6-8-17-30(28)34(41)36-32(24-38)26-12-4-3-5-13-26/h3-18,23,32,38H,2,19-22,24H2,1H3,(H,36,41)(H,39,40)/t32-/m1/s1. The maximum Gasteiger partial charge on any atom is 0.305 e. The lowest BCUT2D eigenvalue weighted by molar-refractivity contribution is -0.137. The van der Waals surface area contributed by atoms with E-state index in [0.29, 0.717) is 41.8 Å². The van der Waals surface area contributed by atoms with Crippen molar-refractivity contribution in [3.8, 4) is 16.9 Å². The quantitative estimate of drug-likeness (QED) is 0.185. The monoisotopic (exact) mass is 580 g/mol. The van der Waals surface area contributed by atoms with E-state index in [0.717, 1.165) is 16.9 Å². The van der Waals surface area contributed by atoms with Gasteiger partial charge < -0.3 is 25.2 Å². The zero-order valence-corrected chi connectivity index (χ0v) is 24.1. The topological polar surface area (TPSA) is 116 Å². The van der Waals surface area contributed by atoms with E-state index in [9.17, 15) is 24.6 Å². The maximum absolute atomic E-state index is 14.0. The van der Waals surface area contributed by atoms with Gasteiger partial charge in [0, 0.05) is 24.2 Å². The molecule has 4 aromatic rings. The van der Waals surface area contributed by atoms with Gasteiger partial charge in [-0.25, -0.2) is 0 Å². The number of aliphatic hydroxyl groups excluding tert-OH is 1. The van der Waals surface area contributed by atoms with Crippen LogP contribution in [-0.2, 0) is 11.2 Å². The van der Waals surface area contributed by atoms with Crippen molar-refractivity contribution >= 4 is 17.8 Å². The Morgan fingerprint density at radius 2 is 1.47 bits per heavy atom. The van der Waals surface area contributed by atoms with Crippen molar-refractivity contribution in [3.63, 3.8) is 0 Å². The van der Waals surface area contributed by atoms with E-state index < -0.39 is 17.9 Å². The summed E-state index contributed by atoms with van der Waals surface area (Å²) in [5.74, 6) is -0.981. The van der Waals surface area contributed by atoms with Crippen molar-refractivity contribution in [1.29, 1.82) is 0 Å². The average Bonchev–Trinajstić information content (AvgIpc) is 3.04. The average molecular weight is 581 g/mol. The summed E-state index contributed by atoms with van der Waals surface area (Å²) in [6.07, 6.45) is 0.309. The van der Waals surface area contributed by atoms with Crippen LogP contribution in [0.2, 0.25) is 0 Å². The Morgan fingerprint density at radius 3 is 2.14 bits per heavy atom. The van der Waals surface area contributed by atoms with Crippen molar-refractivity contribution in [2.75, 3.05) is 26.3 Å². The SMILES string of the molecule is CCOc1cccc(CCN(CCC(=O)O)C(=O)c2ccccc2-c2ccccc2C(=O)N[C@H](CO)c2ccccc2)c1. The highest BCUT2D eigenvalue weighted by Crippen LogP contribution is 2.29. The van der Waals surface area contributed by atoms with Crippen LogP contribution in [0.3, 0.4) is 0 Å². The van der Waals surface area contributed by atoms with E-state index in [4.69, 9.17) is 4.74 Å². The number of benzene rings is 4. The Balaban J connectivity index is 1.62. The van der Waals surface area contributed by atoms with Crippen LogP contribution in [0.1, 0.15) is 51.2 Å². The Kier molecular flexibility index (Phi) is 11.0. The van der Waals surface area contributed by atoms with Crippen molar-refractivity contribution in [1.82, 2.24) is 10.2 Å². The van der Waals surface area contributed by atoms with E-state index in [1.54, 1.807) is 53.4 Å². The molecule has 8 nitrogen and oxygen atoms in total. The maximum atomic E-state index is 14.0. The molecule has 0 aliphatic carbocycles. The summed E-state index contributed by atoms with van der Waals surface area (Å²) in [7, 11) is 0. The highest BCUT2D eigenvalue weighted by atomic mass is 16.5. The highest BCUT2D eigenvalue weighted by molar-refractivity contribution is 6.06. The minimum Gasteiger partial charge on any atom is -0.494 e. The van der Waals surface area contributed by atoms with E-state index >= 15 is 0 Å². The van der Waals surface area contributed by atoms with Gasteiger partial charge in [-0.3, -0.25) is 14.4 Å². The van der Waals surface area contributed by atoms with Crippen LogP contribution in [-0.4, -0.2) is 59.2 Å². The summed E-state index contributed by atoms with van der Waals surface area (Å²) in [5.41, 5.74) is 3.55. The van der Waals surface area contributed by atoms with Crippen LogP contribution >= 0.6 is 0 Å². The van der Waals surface area contributed by atoms with Crippen LogP contribution in [0.4, 0.5) is 0 Å². The first-order valence-corrected chi connectivity index (χ1v) is 14.3. The number of carboxylic acids is 1. The molecule has 1 atom stereocenters. The highest BCUT2D eigenvalue weighted by Gasteiger charge is 2.23. The van der Waals surface area contributed by atoms with Gasteiger partial charge in [0.15, 0.2) is 0 Å². The number of carbonyl (C=O) groups is 3. The normalized spacial score (nSPS) is 11.4. The number of aliphatic hydroxyl groups is 1. The van der Waals surface area contributed by atoms with E-state index in [2.05, 4.69) is 5.32 Å². The number of hydrogen-bond acceptors (Lipinski definition) is 5. The fourth-order valence-electron chi connectivity index (χ4n) is 4.91. The number of amides is 2. The molecule has 0 radical (unpaired) electrons. The Labute approximate surface area is 251 Å². The number of ether oxygens (including phenoxy) is 1. The predicted octanol–water partition coefficient (Wildman–Crippen LogP) is 5.38. The fourth-order valence-corrected chi connectivity index (χ4v) is 4.91. The molecule has 0 aliphatic heterocycles. The zero-order valence-electron chi connectivity index (χ0n) is 24.1. The van der Waals surface area contributed by atoms with Gasteiger partial charge in [-0.2, -0.15) is 0 Å². The van der Waals surface area contributed by atoms with Gasteiger partial charge in [-0.15, -0.1) is 0 Å². The molecule has 3 N–H and O–H groups in total. The molecule has 0 heterocycles. The summed E-state index contributed by atoms with van der Waals surface area (Å²) in [6, 6.07) is 30.2.